The number of rotatable bonds is 1. The first-order valence-corrected chi connectivity index (χ1v) is 5.62. The second-order valence-electron chi connectivity index (χ2n) is 2.90. The summed E-state index contributed by atoms with van der Waals surface area (Å²) in [6, 6.07) is 5.55. The maximum atomic E-state index is 5.92. The van der Waals surface area contributed by atoms with Gasteiger partial charge in [0.25, 0.3) is 0 Å². The lowest BCUT2D eigenvalue weighted by molar-refractivity contribution is 1.38. The zero-order chi connectivity index (χ0) is 10.1. The van der Waals surface area contributed by atoms with Gasteiger partial charge in [0.1, 0.15) is 5.01 Å². The lowest BCUT2D eigenvalue weighted by Gasteiger charge is -1.98. The molecule has 0 N–H and O–H groups in total. The summed E-state index contributed by atoms with van der Waals surface area (Å²) >= 11 is 13.4. The molecule has 0 bridgehead atoms. The molecule has 72 valence electrons. The Kier molecular flexibility index (Phi) is 2.77. The van der Waals surface area contributed by atoms with Crippen molar-refractivity contribution in [1.82, 2.24) is 4.98 Å². The van der Waals surface area contributed by atoms with Crippen molar-refractivity contribution in [2.24, 2.45) is 0 Å². The first-order chi connectivity index (χ1) is 6.66. The smallest absolute Gasteiger partial charge is 0.123 e. The van der Waals surface area contributed by atoms with E-state index in [9.17, 15) is 0 Å². The monoisotopic (exact) mass is 243 g/mol. The minimum Gasteiger partial charge on any atom is -0.244 e. The van der Waals surface area contributed by atoms with Gasteiger partial charge in [-0.3, -0.25) is 0 Å². The van der Waals surface area contributed by atoms with Gasteiger partial charge in [-0.15, -0.1) is 11.3 Å². The summed E-state index contributed by atoms with van der Waals surface area (Å²) in [6.45, 7) is 2.03. The normalized spacial score (nSPS) is 10.5. The highest BCUT2D eigenvalue weighted by atomic mass is 35.5. The Balaban J connectivity index is 2.47. The molecule has 0 atom stereocenters. The fourth-order valence-corrected chi connectivity index (χ4v) is 2.18. The lowest BCUT2D eigenvalue weighted by Crippen LogP contribution is -1.75. The number of nitrogens with zero attached hydrogens (tertiary/aromatic N) is 1. The van der Waals surface area contributed by atoms with Crippen molar-refractivity contribution in [3.63, 3.8) is 0 Å². The van der Waals surface area contributed by atoms with Gasteiger partial charge in [-0.1, -0.05) is 29.3 Å². The van der Waals surface area contributed by atoms with Crippen molar-refractivity contribution in [3.05, 3.63) is 39.3 Å². The van der Waals surface area contributed by atoms with E-state index in [0.717, 1.165) is 10.6 Å². The predicted octanol–water partition coefficient (Wildman–Crippen LogP) is 4.43. The molecule has 4 heteroatoms. The van der Waals surface area contributed by atoms with Gasteiger partial charge in [-0.2, -0.15) is 0 Å². The summed E-state index contributed by atoms with van der Waals surface area (Å²) < 4.78 is 0. The molecule has 1 aromatic heterocycles. The van der Waals surface area contributed by atoms with Gasteiger partial charge in [0.2, 0.25) is 0 Å². The summed E-state index contributed by atoms with van der Waals surface area (Å²) in [5.74, 6) is 0. The van der Waals surface area contributed by atoms with Crippen LogP contribution < -0.4 is 0 Å². The first-order valence-electron chi connectivity index (χ1n) is 4.04. The standard InChI is InChI=1S/C10H7Cl2NS/c1-6-5-13-10(14-6)7-2-3-8(11)9(12)4-7/h2-5H,1H3. The molecule has 1 nitrogen and oxygen atoms in total. The maximum absolute atomic E-state index is 5.92. The van der Waals surface area contributed by atoms with E-state index in [4.69, 9.17) is 23.2 Å². The molecule has 0 aliphatic rings. The van der Waals surface area contributed by atoms with Crippen LogP contribution in [0, 0.1) is 6.92 Å². The van der Waals surface area contributed by atoms with Crippen LogP contribution in [0.2, 0.25) is 10.0 Å². The Morgan fingerprint density at radius 3 is 2.57 bits per heavy atom. The number of halogens is 2. The predicted molar refractivity (Wildman–Crippen MR) is 62.3 cm³/mol. The third-order valence-corrected chi connectivity index (χ3v) is 3.49. The van der Waals surface area contributed by atoms with Crippen LogP contribution >= 0.6 is 34.5 Å². The van der Waals surface area contributed by atoms with Gasteiger partial charge in [-0.05, 0) is 19.1 Å². The molecule has 0 aliphatic carbocycles. The summed E-state index contributed by atoms with van der Waals surface area (Å²) in [6.07, 6.45) is 1.85. The third-order valence-electron chi connectivity index (χ3n) is 1.79. The minimum absolute atomic E-state index is 0.567. The van der Waals surface area contributed by atoms with E-state index >= 15 is 0 Å². The molecular weight excluding hydrogens is 237 g/mol. The molecule has 0 unspecified atom stereocenters. The zero-order valence-electron chi connectivity index (χ0n) is 7.42. The summed E-state index contributed by atoms with van der Waals surface area (Å²) in [4.78, 5) is 5.46. The Morgan fingerprint density at radius 1 is 1.21 bits per heavy atom. The summed E-state index contributed by atoms with van der Waals surface area (Å²) in [7, 11) is 0. The summed E-state index contributed by atoms with van der Waals surface area (Å²) in [5.41, 5.74) is 1.01. The van der Waals surface area contributed by atoms with Crippen molar-refractivity contribution in [3.8, 4) is 10.6 Å². The van der Waals surface area contributed by atoms with Gasteiger partial charge in [0.15, 0.2) is 0 Å². The van der Waals surface area contributed by atoms with Gasteiger partial charge in [-0.25, -0.2) is 4.98 Å². The van der Waals surface area contributed by atoms with Crippen LogP contribution in [-0.2, 0) is 0 Å². The van der Waals surface area contributed by atoms with Crippen LogP contribution in [0.1, 0.15) is 4.88 Å². The van der Waals surface area contributed by atoms with Crippen molar-refractivity contribution in [1.29, 1.82) is 0 Å². The van der Waals surface area contributed by atoms with Crippen molar-refractivity contribution in [2.45, 2.75) is 6.92 Å². The van der Waals surface area contributed by atoms with E-state index in [1.807, 2.05) is 25.3 Å². The van der Waals surface area contributed by atoms with Crippen molar-refractivity contribution >= 4 is 34.5 Å². The van der Waals surface area contributed by atoms with E-state index < -0.39 is 0 Å². The van der Waals surface area contributed by atoms with Gasteiger partial charge in [0.05, 0.1) is 10.0 Å². The maximum Gasteiger partial charge on any atom is 0.123 e. The van der Waals surface area contributed by atoms with E-state index in [2.05, 4.69) is 4.98 Å². The Bertz CT molecular complexity index is 465. The first kappa shape index (κ1) is 9.97. The molecule has 0 spiro atoms. The molecule has 2 aromatic rings. The average molecular weight is 244 g/mol. The fourth-order valence-electron chi connectivity index (χ4n) is 1.12. The zero-order valence-corrected chi connectivity index (χ0v) is 9.75. The number of aromatic nitrogens is 1. The quantitative estimate of drug-likeness (QED) is 0.723. The van der Waals surface area contributed by atoms with E-state index in [1.54, 1.807) is 17.4 Å². The average Bonchev–Trinajstić information content (AvgIpc) is 2.57. The highest BCUT2D eigenvalue weighted by Gasteiger charge is 2.04. The minimum atomic E-state index is 0.567. The van der Waals surface area contributed by atoms with Gasteiger partial charge in [0, 0.05) is 16.6 Å². The Labute approximate surface area is 96.3 Å². The lowest BCUT2D eigenvalue weighted by atomic mass is 10.2. The second-order valence-corrected chi connectivity index (χ2v) is 4.95. The summed E-state index contributed by atoms with van der Waals surface area (Å²) in [5, 5.41) is 2.11. The third kappa shape index (κ3) is 1.92. The van der Waals surface area contributed by atoms with Crippen molar-refractivity contribution in [2.75, 3.05) is 0 Å². The van der Waals surface area contributed by atoms with Gasteiger partial charge >= 0.3 is 0 Å². The molecule has 1 heterocycles. The molecule has 0 radical (unpaired) electrons. The van der Waals surface area contributed by atoms with Crippen LogP contribution in [0.25, 0.3) is 10.6 Å². The molecule has 14 heavy (non-hydrogen) atoms. The number of thiazole rings is 1. The Morgan fingerprint density at radius 2 is 2.00 bits per heavy atom. The molecule has 1 aromatic carbocycles. The SMILES string of the molecule is Cc1cnc(-c2ccc(Cl)c(Cl)c2)s1. The van der Waals surface area contributed by atoms with Gasteiger partial charge < -0.3 is 0 Å². The van der Waals surface area contributed by atoms with Crippen LogP contribution in [0.4, 0.5) is 0 Å². The Hall–Kier alpha value is -0.570. The van der Waals surface area contributed by atoms with E-state index in [1.165, 1.54) is 4.88 Å². The van der Waals surface area contributed by atoms with Crippen LogP contribution in [0.15, 0.2) is 24.4 Å². The highest BCUT2D eigenvalue weighted by Crippen LogP contribution is 2.30. The molecular formula is C10H7Cl2NS. The number of hydrogen-bond acceptors (Lipinski definition) is 2. The topological polar surface area (TPSA) is 12.9 Å². The number of aryl methyl sites for hydroxylation is 1. The van der Waals surface area contributed by atoms with Crippen LogP contribution in [0.5, 0.6) is 0 Å². The number of benzene rings is 1. The van der Waals surface area contributed by atoms with E-state index in [0.29, 0.717) is 10.0 Å². The van der Waals surface area contributed by atoms with E-state index in [-0.39, 0.29) is 0 Å². The molecule has 0 aliphatic heterocycles. The molecule has 0 amide bonds. The molecule has 0 saturated heterocycles. The molecule has 0 fully saturated rings. The van der Waals surface area contributed by atoms with Crippen LogP contribution in [0.3, 0.4) is 0 Å². The largest absolute Gasteiger partial charge is 0.244 e. The van der Waals surface area contributed by atoms with Crippen LogP contribution in [-0.4, -0.2) is 4.98 Å². The number of hydrogen-bond donors (Lipinski definition) is 0. The van der Waals surface area contributed by atoms with Crippen molar-refractivity contribution < 1.29 is 0 Å². The fraction of sp³-hybridized carbons (Fsp3) is 0.100. The second kappa shape index (κ2) is 3.89. The molecule has 0 saturated carbocycles. The highest BCUT2D eigenvalue weighted by molar-refractivity contribution is 7.14. The molecule has 2 rings (SSSR count).